The molecule has 0 spiro atoms. The number of carbonyl (C=O) groups excluding carboxylic acids is 2. The molecular formula is C22H41N3O4. The molecule has 0 aliphatic carbocycles. The Balaban J connectivity index is 5.95. The van der Waals surface area contributed by atoms with Crippen molar-refractivity contribution in [2.45, 2.75) is 85.9 Å². The molecule has 2 atom stereocenters. The fourth-order valence-electron chi connectivity index (χ4n) is 3.39. The molecule has 3 N–H and O–H groups in total. The summed E-state index contributed by atoms with van der Waals surface area (Å²) in [6.07, 6.45) is 2.80. The molecule has 0 aromatic carbocycles. The number of nitrogens with zero attached hydrogens (tertiary/aromatic N) is 1. The van der Waals surface area contributed by atoms with Crippen molar-refractivity contribution in [3.8, 4) is 0 Å². The Bertz CT molecular complexity index is 608. The summed E-state index contributed by atoms with van der Waals surface area (Å²) in [5.74, 6) is -1.44. The van der Waals surface area contributed by atoms with Crippen molar-refractivity contribution in [2.75, 3.05) is 14.1 Å². The van der Waals surface area contributed by atoms with Crippen LogP contribution < -0.4 is 10.6 Å². The molecular weight excluding hydrogens is 370 g/mol. The molecule has 2 unspecified atom stereocenters. The summed E-state index contributed by atoms with van der Waals surface area (Å²) in [5.41, 5.74) is -1.07. The second kappa shape index (κ2) is 10.8. The first-order chi connectivity index (χ1) is 13.2. The SMILES string of the molecule is CCC(CC)(NC)C(=O)NC(C(=O)N(C)C(/C=C(\C)C(=O)O)C(C)C)C(C)(C)C. The molecule has 0 rings (SSSR count). The summed E-state index contributed by atoms with van der Waals surface area (Å²) < 4.78 is 0. The molecule has 0 saturated carbocycles. The highest BCUT2D eigenvalue weighted by Crippen LogP contribution is 2.25. The summed E-state index contributed by atoms with van der Waals surface area (Å²) >= 11 is 0. The van der Waals surface area contributed by atoms with Crippen molar-refractivity contribution < 1.29 is 19.5 Å². The van der Waals surface area contributed by atoms with E-state index in [-0.39, 0.29) is 23.3 Å². The molecule has 2 amide bonds. The summed E-state index contributed by atoms with van der Waals surface area (Å²) in [6.45, 7) is 15.0. The maximum absolute atomic E-state index is 13.4. The molecule has 168 valence electrons. The van der Waals surface area contributed by atoms with Gasteiger partial charge in [-0.1, -0.05) is 54.5 Å². The van der Waals surface area contributed by atoms with Gasteiger partial charge in [0.15, 0.2) is 0 Å². The molecule has 0 saturated heterocycles. The zero-order valence-corrected chi connectivity index (χ0v) is 19.8. The van der Waals surface area contributed by atoms with Gasteiger partial charge in [-0.2, -0.15) is 0 Å². The van der Waals surface area contributed by atoms with Crippen LogP contribution in [0.15, 0.2) is 11.6 Å². The van der Waals surface area contributed by atoms with Crippen molar-refractivity contribution in [1.29, 1.82) is 0 Å². The van der Waals surface area contributed by atoms with Gasteiger partial charge < -0.3 is 20.6 Å². The van der Waals surface area contributed by atoms with Gasteiger partial charge in [0.25, 0.3) is 0 Å². The maximum atomic E-state index is 13.4. The topological polar surface area (TPSA) is 98.7 Å². The third-order valence-corrected chi connectivity index (χ3v) is 5.74. The number of hydrogen-bond donors (Lipinski definition) is 3. The number of hydrogen-bond acceptors (Lipinski definition) is 4. The summed E-state index contributed by atoms with van der Waals surface area (Å²) in [4.78, 5) is 39.3. The summed E-state index contributed by atoms with van der Waals surface area (Å²) in [6, 6.07) is -1.14. The molecule has 29 heavy (non-hydrogen) atoms. The fraction of sp³-hybridized carbons (Fsp3) is 0.773. The third-order valence-electron chi connectivity index (χ3n) is 5.74. The Hall–Kier alpha value is -1.89. The van der Waals surface area contributed by atoms with Crippen molar-refractivity contribution in [3.05, 3.63) is 11.6 Å². The lowest BCUT2D eigenvalue weighted by Gasteiger charge is -2.39. The van der Waals surface area contributed by atoms with Gasteiger partial charge in [0.1, 0.15) is 6.04 Å². The average molecular weight is 412 g/mol. The quantitative estimate of drug-likeness (QED) is 0.480. The van der Waals surface area contributed by atoms with Crippen LogP contribution in [0, 0.1) is 11.3 Å². The van der Waals surface area contributed by atoms with E-state index in [9.17, 15) is 19.5 Å². The highest BCUT2D eigenvalue weighted by Gasteiger charge is 2.41. The normalized spacial score (nSPS) is 15.1. The minimum absolute atomic E-state index is 0.0113. The number of amides is 2. The first-order valence-corrected chi connectivity index (χ1v) is 10.4. The highest BCUT2D eigenvalue weighted by atomic mass is 16.4. The van der Waals surface area contributed by atoms with Gasteiger partial charge >= 0.3 is 5.97 Å². The van der Waals surface area contributed by atoms with Crippen LogP contribution in [0.1, 0.15) is 68.2 Å². The molecule has 0 fully saturated rings. The van der Waals surface area contributed by atoms with E-state index in [2.05, 4.69) is 10.6 Å². The molecule has 0 bridgehead atoms. The molecule has 0 aliphatic rings. The third kappa shape index (κ3) is 6.84. The van der Waals surface area contributed by atoms with Crippen LogP contribution in [0.3, 0.4) is 0 Å². The molecule has 0 radical (unpaired) electrons. The molecule has 0 aromatic heterocycles. The van der Waals surface area contributed by atoms with Gasteiger partial charge in [0.2, 0.25) is 11.8 Å². The van der Waals surface area contributed by atoms with Crippen LogP contribution in [0.25, 0.3) is 0 Å². The van der Waals surface area contributed by atoms with Gasteiger partial charge in [-0.15, -0.1) is 0 Å². The van der Waals surface area contributed by atoms with Gasteiger partial charge in [-0.3, -0.25) is 9.59 Å². The van der Waals surface area contributed by atoms with E-state index in [0.29, 0.717) is 12.8 Å². The van der Waals surface area contributed by atoms with Crippen molar-refractivity contribution in [1.82, 2.24) is 15.5 Å². The Morgan fingerprint density at radius 3 is 1.90 bits per heavy atom. The second-order valence-corrected chi connectivity index (χ2v) is 9.15. The number of nitrogens with one attached hydrogen (secondary N) is 2. The van der Waals surface area contributed by atoms with Crippen LogP contribution in [0.5, 0.6) is 0 Å². The van der Waals surface area contributed by atoms with Crippen LogP contribution in [0.2, 0.25) is 0 Å². The van der Waals surface area contributed by atoms with E-state index in [1.807, 2.05) is 48.5 Å². The van der Waals surface area contributed by atoms with Crippen LogP contribution in [-0.2, 0) is 14.4 Å². The number of aliphatic carboxylic acids is 1. The number of carboxylic acid groups (broad SMARTS) is 1. The minimum Gasteiger partial charge on any atom is -0.478 e. The van der Waals surface area contributed by atoms with E-state index in [0.717, 1.165) is 0 Å². The van der Waals surface area contributed by atoms with Crippen LogP contribution >= 0.6 is 0 Å². The highest BCUT2D eigenvalue weighted by molar-refractivity contribution is 5.93. The first-order valence-electron chi connectivity index (χ1n) is 10.4. The lowest BCUT2D eigenvalue weighted by molar-refractivity contribution is -0.142. The number of likely N-dealkylation sites (N-methyl/N-ethyl adjacent to an activating group) is 2. The number of carboxylic acids is 1. The molecule has 0 heterocycles. The Morgan fingerprint density at radius 2 is 1.59 bits per heavy atom. The van der Waals surface area contributed by atoms with E-state index in [1.165, 1.54) is 6.92 Å². The predicted octanol–water partition coefficient (Wildman–Crippen LogP) is 2.81. The zero-order valence-electron chi connectivity index (χ0n) is 19.8. The first kappa shape index (κ1) is 27.1. The predicted molar refractivity (Wildman–Crippen MR) is 117 cm³/mol. The largest absolute Gasteiger partial charge is 0.478 e. The van der Waals surface area contributed by atoms with Crippen LogP contribution in [0.4, 0.5) is 0 Å². The van der Waals surface area contributed by atoms with Gasteiger partial charge in [0.05, 0.1) is 11.6 Å². The molecule has 7 nitrogen and oxygen atoms in total. The van der Waals surface area contributed by atoms with Crippen molar-refractivity contribution in [3.63, 3.8) is 0 Å². The van der Waals surface area contributed by atoms with Gasteiger partial charge in [0, 0.05) is 12.6 Å². The second-order valence-electron chi connectivity index (χ2n) is 9.15. The van der Waals surface area contributed by atoms with E-state index >= 15 is 0 Å². The summed E-state index contributed by atoms with van der Waals surface area (Å²) in [5, 5.41) is 15.3. The lowest BCUT2D eigenvalue weighted by atomic mass is 9.83. The maximum Gasteiger partial charge on any atom is 0.331 e. The van der Waals surface area contributed by atoms with Crippen molar-refractivity contribution in [2.24, 2.45) is 11.3 Å². The zero-order chi connectivity index (χ0) is 23.2. The lowest BCUT2D eigenvalue weighted by Crippen LogP contribution is -2.62. The average Bonchev–Trinajstić information content (AvgIpc) is 2.63. The van der Waals surface area contributed by atoms with E-state index in [4.69, 9.17) is 0 Å². The van der Waals surface area contributed by atoms with Crippen LogP contribution in [-0.4, -0.2) is 59.5 Å². The molecule has 7 heteroatoms. The minimum atomic E-state index is -1.01. The molecule has 0 aliphatic heterocycles. The van der Waals surface area contributed by atoms with Gasteiger partial charge in [-0.25, -0.2) is 4.79 Å². The number of rotatable bonds is 10. The van der Waals surface area contributed by atoms with Gasteiger partial charge in [-0.05, 0) is 38.1 Å². The van der Waals surface area contributed by atoms with Crippen molar-refractivity contribution >= 4 is 17.8 Å². The Morgan fingerprint density at radius 1 is 1.10 bits per heavy atom. The van der Waals surface area contributed by atoms with E-state index < -0.39 is 29.0 Å². The number of carbonyl (C=O) groups is 3. The Labute approximate surface area is 176 Å². The Kier molecular flexibility index (Phi) is 10.1. The monoisotopic (exact) mass is 411 g/mol. The van der Waals surface area contributed by atoms with E-state index in [1.54, 1.807) is 25.1 Å². The fourth-order valence-corrected chi connectivity index (χ4v) is 3.39. The summed E-state index contributed by atoms with van der Waals surface area (Å²) in [7, 11) is 3.41. The smallest absolute Gasteiger partial charge is 0.331 e. The standard InChI is InChI=1S/C22H41N3O4/c1-11-22(12-2,23-9)20(29)24-17(21(6,7)8)18(26)25(10)16(14(3)4)13-15(5)19(27)28/h13-14,16-17,23H,11-12H2,1-10H3,(H,24,29)(H,27,28)/b15-13+. The molecule has 0 aromatic rings.